The maximum atomic E-state index is 4.33. The van der Waals surface area contributed by atoms with E-state index < -0.39 is 0 Å². The molecule has 2 nitrogen and oxygen atoms in total. The zero-order valence-electron chi connectivity index (χ0n) is 8.57. The van der Waals surface area contributed by atoms with Crippen molar-refractivity contribution in [2.75, 3.05) is 0 Å². The SMILES string of the molecule is CCc1ccnn1-c1ccccc1C. The number of hydrogen-bond acceptors (Lipinski definition) is 1. The Morgan fingerprint density at radius 3 is 2.71 bits per heavy atom. The third-order valence-corrected chi connectivity index (χ3v) is 2.43. The Morgan fingerprint density at radius 2 is 2.00 bits per heavy atom. The van der Waals surface area contributed by atoms with Crippen LogP contribution in [0.1, 0.15) is 18.2 Å². The molecule has 0 N–H and O–H groups in total. The van der Waals surface area contributed by atoms with Gasteiger partial charge in [-0.05, 0) is 31.0 Å². The number of rotatable bonds is 2. The van der Waals surface area contributed by atoms with Crippen LogP contribution in [0.2, 0.25) is 0 Å². The van der Waals surface area contributed by atoms with E-state index >= 15 is 0 Å². The maximum Gasteiger partial charge on any atom is 0.0677 e. The van der Waals surface area contributed by atoms with Gasteiger partial charge in [-0.1, -0.05) is 25.1 Å². The molecule has 2 aromatic rings. The normalized spacial score (nSPS) is 10.4. The second kappa shape index (κ2) is 3.66. The van der Waals surface area contributed by atoms with Crippen molar-refractivity contribution in [3.8, 4) is 5.69 Å². The summed E-state index contributed by atoms with van der Waals surface area (Å²) in [5, 5.41) is 4.33. The smallest absolute Gasteiger partial charge is 0.0677 e. The monoisotopic (exact) mass is 186 g/mol. The van der Waals surface area contributed by atoms with Gasteiger partial charge in [0.15, 0.2) is 0 Å². The minimum atomic E-state index is 1.01. The molecule has 0 aliphatic rings. The fraction of sp³-hybridized carbons (Fsp3) is 0.250. The molecule has 0 saturated carbocycles. The molecule has 0 atom stereocenters. The molecule has 0 saturated heterocycles. The van der Waals surface area contributed by atoms with Crippen molar-refractivity contribution < 1.29 is 0 Å². The summed E-state index contributed by atoms with van der Waals surface area (Å²) in [4.78, 5) is 0. The van der Waals surface area contributed by atoms with Crippen LogP contribution in [0.4, 0.5) is 0 Å². The summed E-state index contributed by atoms with van der Waals surface area (Å²) in [6.45, 7) is 4.25. The van der Waals surface area contributed by atoms with Crippen LogP contribution in [0.25, 0.3) is 5.69 Å². The first kappa shape index (κ1) is 9.00. The van der Waals surface area contributed by atoms with Crippen LogP contribution in [0.3, 0.4) is 0 Å². The average molecular weight is 186 g/mol. The Kier molecular flexibility index (Phi) is 2.35. The Bertz CT molecular complexity index is 429. The first-order valence-electron chi connectivity index (χ1n) is 4.92. The van der Waals surface area contributed by atoms with Crippen molar-refractivity contribution in [2.24, 2.45) is 0 Å². The van der Waals surface area contributed by atoms with Crippen molar-refractivity contribution in [1.29, 1.82) is 0 Å². The van der Waals surface area contributed by atoms with Gasteiger partial charge in [-0.15, -0.1) is 0 Å². The Labute approximate surface area is 84.2 Å². The molecule has 0 spiro atoms. The third-order valence-electron chi connectivity index (χ3n) is 2.43. The van der Waals surface area contributed by atoms with Crippen LogP contribution in [-0.4, -0.2) is 9.78 Å². The van der Waals surface area contributed by atoms with Crippen LogP contribution >= 0.6 is 0 Å². The summed E-state index contributed by atoms with van der Waals surface area (Å²) in [6, 6.07) is 10.4. The van der Waals surface area contributed by atoms with E-state index in [1.807, 2.05) is 23.0 Å². The highest BCUT2D eigenvalue weighted by atomic mass is 15.3. The standard InChI is InChI=1S/C12H14N2/c1-3-11-8-9-13-14(11)12-7-5-4-6-10(12)2/h4-9H,3H2,1-2H3. The third kappa shape index (κ3) is 1.43. The summed E-state index contributed by atoms with van der Waals surface area (Å²) in [6.07, 6.45) is 2.86. The molecular weight excluding hydrogens is 172 g/mol. The molecule has 0 radical (unpaired) electrons. The largest absolute Gasteiger partial charge is 0.238 e. The molecule has 14 heavy (non-hydrogen) atoms. The zero-order chi connectivity index (χ0) is 9.97. The van der Waals surface area contributed by atoms with Gasteiger partial charge in [0.25, 0.3) is 0 Å². The zero-order valence-corrected chi connectivity index (χ0v) is 8.57. The van der Waals surface area contributed by atoms with Gasteiger partial charge in [0.1, 0.15) is 0 Å². The highest BCUT2D eigenvalue weighted by Crippen LogP contribution is 2.14. The van der Waals surface area contributed by atoms with E-state index in [0.29, 0.717) is 0 Å². The molecule has 2 rings (SSSR count). The Morgan fingerprint density at radius 1 is 1.21 bits per heavy atom. The van der Waals surface area contributed by atoms with Crippen LogP contribution in [0.15, 0.2) is 36.5 Å². The molecule has 0 bridgehead atoms. The van der Waals surface area contributed by atoms with Crippen molar-refractivity contribution in [2.45, 2.75) is 20.3 Å². The average Bonchev–Trinajstić information content (AvgIpc) is 2.66. The summed E-state index contributed by atoms with van der Waals surface area (Å²) in [5.74, 6) is 0. The number of aromatic nitrogens is 2. The minimum absolute atomic E-state index is 1.01. The molecule has 0 aliphatic heterocycles. The molecule has 72 valence electrons. The first-order chi connectivity index (χ1) is 6.83. The van der Waals surface area contributed by atoms with E-state index in [0.717, 1.165) is 6.42 Å². The second-order valence-corrected chi connectivity index (χ2v) is 3.37. The van der Waals surface area contributed by atoms with Gasteiger partial charge < -0.3 is 0 Å². The predicted molar refractivity (Wildman–Crippen MR) is 57.7 cm³/mol. The number of hydrogen-bond donors (Lipinski definition) is 0. The van der Waals surface area contributed by atoms with Crippen molar-refractivity contribution in [1.82, 2.24) is 9.78 Å². The van der Waals surface area contributed by atoms with Crippen LogP contribution in [0.5, 0.6) is 0 Å². The molecule has 0 unspecified atom stereocenters. The first-order valence-corrected chi connectivity index (χ1v) is 4.92. The summed E-state index contributed by atoms with van der Waals surface area (Å²) in [5.41, 5.74) is 3.68. The lowest BCUT2D eigenvalue weighted by Gasteiger charge is -2.08. The Hall–Kier alpha value is -1.57. The summed E-state index contributed by atoms with van der Waals surface area (Å²) in [7, 11) is 0. The van der Waals surface area contributed by atoms with Gasteiger partial charge in [0, 0.05) is 11.9 Å². The fourth-order valence-corrected chi connectivity index (χ4v) is 1.62. The van der Waals surface area contributed by atoms with Gasteiger partial charge in [-0.3, -0.25) is 0 Å². The van der Waals surface area contributed by atoms with Crippen LogP contribution in [-0.2, 0) is 6.42 Å². The molecule has 0 amide bonds. The van der Waals surface area contributed by atoms with E-state index in [9.17, 15) is 0 Å². The topological polar surface area (TPSA) is 17.8 Å². The highest BCUT2D eigenvalue weighted by molar-refractivity contribution is 5.40. The summed E-state index contributed by atoms with van der Waals surface area (Å²) < 4.78 is 2.01. The molecule has 0 fully saturated rings. The lowest BCUT2D eigenvalue weighted by Crippen LogP contribution is -2.02. The van der Waals surface area contributed by atoms with E-state index in [4.69, 9.17) is 0 Å². The van der Waals surface area contributed by atoms with Crippen LogP contribution < -0.4 is 0 Å². The van der Waals surface area contributed by atoms with Gasteiger partial charge in [-0.25, -0.2) is 4.68 Å². The maximum absolute atomic E-state index is 4.33. The van der Waals surface area contributed by atoms with Crippen LogP contribution in [0, 0.1) is 6.92 Å². The molecular formula is C12H14N2. The highest BCUT2D eigenvalue weighted by Gasteiger charge is 2.04. The van der Waals surface area contributed by atoms with Gasteiger partial charge >= 0.3 is 0 Å². The van der Waals surface area contributed by atoms with E-state index in [2.05, 4.69) is 37.1 Å². The molecule has 1 aromatic heterocycles. The second-order valence-electron chi connectivity index (χ2n) is 3.37. The molecule has 2 heteroatoms. The Balaban J connectivity index is 2.54. The van der Waals surface area contributed by atoms with E-state index in [1.54, 1.807) is 0 Å². The quantitative estimate of drug-likeness (QED) is 0.705. The molecule has 0 aliphatic carbocycles. The molecule has 1 aromatic carbocycles. The van der Waals surface area contributed by atoms with Gasteiger partial charge in [0.2, 0.25) is 0 Å². The number of nitrogens with zero attached hydrogens (tertiary/aromatic N) is 2. The van der Waals surface area contributed by atoms with Crippen molar-refractivity contribution >= 4 is 0 Å². The van der Waals surface area contributed by atoms with E-state index in [1.165, 1.54) is 16.9 Å². The minimum Gasteiger partial charge on any atom is -0.238 e. The van der Waals surface area contributed by atoms with Crippen molar-refractivity contribution in [3.63, 3.8) is 0 Å². The lowest BCUT2D eigenvalue weighted by atomic mass is 10.2. The predicted octanol–water partition coefficient (Wildman–Crippen LogP) is 2.74. The van der Waals surface area contributed by atoms with Gasteiger partial charge in [-0.2, -0.15) is 5.10 Å². The summed E-state index contributed by atoms with van der Waals surface area (Å²) >= 11 is 0. The lowest BCUT2D eigenvalue weighted by molar-refractivity contribution is 0.809. The number of aryl methyl sites for hydroxylation is 2. The fourth-order valence-electron chi connectivity index (χ4n) is 1.62. The van der Waals surface area contributed by atoms with E-state index in [-0.39, 0.29) is 0 Å². The molecule has 1 heterocycles. The number of para-hydroxylation sites is 1. The number of benzene rings is 1. The van der Waals surface area contributed by atoms with Crippen molar-refractivity contribution in [3.05, 3.63) is 47.8 Å². The van der Waals surface area contributed by atoms with Gasteiger partial charge in [0.05, 0.1) is 5.69 Å².